The van der Waals surface area contributed by atoms with Crippen LogP contribution in [-0.2, 0) is 9.53 Å². The molecule has 1 rings (SSSR count). The van der Waals surface area contributed by atoms with Gasteiger partial charge in [0.1, 0.15) is 6.54 Å². The molecule has 94 valence electrons. The van der Waals surface area contributed by atoms with Gasteiger partial charge in [-0.2, -0.15) is 0 Å². The van der Waals surface area contributed by atoms with Crippen LogP contribution in [0.15, 0.2) is 18.2 Å². The highest BCUT2D eigenvalue weighted by Crippen LogP contribution is 2.25. The van der Waals surface area contributed by atoms with Crippen molar-refractivity contribution in [2.24, 2.45) is 0 Å². The molecule has 0 unspecified atom stereocenters. The number of ether oxygens (including phenoxy) is 1. The Morgan fingerprint density at radius 1 is 1.59 bits per heavy atom. The first kappa shape index (κ1) is 13.7. The van der Waals surface area contributed by atoms with Crippen LogP contribution in [0.5, 0.6) is 0 Å². The molecule has 0 aliphatic heterocycles. The van der Waals surface area contributed by atoms with Crippen molar-refractivity contribution in [2.45, 2.75) is 0 Å². The Labute approximate surface area is 104 Å². The molecule has 0 amide bonds. The Morgan fingerprint density at radius 3 is 2.88 bits per heavy atom. The van der Waals surface area contributed by atoms with Crippen LogP contribution in [0.25, 0.3) is 0 Å². The third-order valence-corrected chi connectivity index (χ3v) is 2.48. The molecular weight excluding hydrogens is 249 g/mol. The topological polar surface area (TPSA) is 49.8 Å². The SMILES string of the molecule is COC(=O)CN(CCO)c1cccc(Cl)c1F. The maximum absolute atomic E-state index is 13.7. The normalized spacial score (nSPS) is 10.1. The fourth-order valence-corrected chi connectivity index (χ4v) is 1.53. The van der Waals surface area contributed by atoms with E-state index < -0.39 is 11.8 Å². The van der Waals surface area contributed by atoms with Crippen molar-refractivity contribution >= 4 is 23.3 Å². The number of anilines is 1. The summed E-state index contributed by atoms with van der Waals surface area (Å²) in [4.78, 5) is 12.5. The van der Waals surface area contributed by atoms with E-state index in [2.05, 4.69) is 4.74 Å². The number of rotatable bonds is 5. The summed E-state index contributed by atoms with van der Waals surface area (Å²) in [5.74, 6) is -1.13. The molecule has 0 aliphatic rings. The number of hydrogen-bond acceptors (Lipinski definition) is 4. The van der Waals surface area contributed by atoms with Crippen molar-refractivity contribution in [3.63, 3.8) is 0 Å². The number of nitrogens with zero attached hydrogens (tertiary/aromatic N) is 1. The van der Waals surface area contributed by atoms with Crippen molar-refractivity contribution in [1.82, 2.24) is 0 Å². The zero-order valence-electron chi connectivity index (χ0n) is 9.32. The van der Waals surface area contributed by atoms with E-state index in [9.17, 15) is 9.18 Å². The fraction of sp³-hybridized carbons (Fsp3) is 0.364. The van der Waals surface area contributed by atoms with Gasteiger partial charge in [0.05, 0.1) is 24.4 Å². The molecule has 0 saturated heterocycles. The highest BCUT2D eigenvalue weighted by molar-refractivity contribution is 6.31. The van der Waals surface area contributed by atoms with Crippen molar-refractivity contribution in [3.05, 3.63) is 29.0 Å². The Bertz CT molecular complexity index is 400. The molecule has 1 aromatic rings. The molecule has 4 nitrogen and oxygen atoms in total. The summed E-state index contributed by atoms with van der Waals surface area (Å²) in [6.45, 7) is -0.233. The van der Waals surface area contributed by atoms with E-state index in [1.165, 1.54) is 24.1 Å². The summed E-state index contributed by atoms with van der Waals surface area (Å²) in [7, 11) is 1.24. The molecule has 17 heavy (non-hydrogen) atoms. The van der Waals surface area contributed by atoms with E-state index in [4.69, 9.17) is 16.7 Å². The quantitative estimate of drug-likeness (QED) is 0.815. The van der Waals surface area contributed by atoms with Gasteiger partial charge >= 0.3 is 5.97 Å². The molecule has 1 aromatic carbocycles. The zero-order chi connectivity index (χ0) is 12.8. The number of esters is 1. The monoisotopic (exact) mass is 261 g/mol. The van der Waals surface area contributed by atoms with Crippen LogP contribution in [-0.4, -0.2) is 37.9 Å². The first-order valence-corrected chi connectivity index (χ1v) is 5.34. The van der Waals surface area contributed by atoms with Gasteiger partial charge in [0.25, 0.3) is 0 Å². The van der Waals surface area contributed by atoms with Crippen LogP contribution >= 0.6 is 11.6 Å². The molecular formula is C11H13ClFNO3. The molecule has 0 radical (unpaired) electrons. The van der Waals surface area contributed by atoms with Crippen molar-refractivity contribution < 1.29 is 19.0 Å². The minimum absolute atomic E-state index is 0.0321. The van der Waals surface area contributed by atoms with Gasteiger partial charge in [-0.1, -0.05) is 17.7 Å². The molecule has 0 aromatic heterocycles. The lowest BCUT2D eigenvalue weighted by molar-refractivity contribution is -0.138. The first-order valence-electron chi connectivity index (χ1n) is 4.96. The summed E-state index contributed by atoms with van der Waals surface area (Å²) in [6.07, 6.45) is 0. The summed E-state index contributed by atoms with van der Waals surface area (Å²) >= 11 is 5.65. The number of halogens is 2. The van der Waals surface area contributed by atoms with Crippen LogP contribution in [0.3, 0.4) is 0 Å². The van der Waals surface area contributed by atoms with E-state index in [0.717, 1.165) is 0 Å². The number of benzene rings is 1. The van der Waals surface area contributed by atoms with Crippen molar-refractivity contribution in [2.75, 3.05) is 31.7 Å². The van der Waals surface area contributed by atoms with Crippen LogP contribution < -0.4 is 4.90 Å². The number of carbonyl (C=O) groups is 1. The maximum Gasteiger partial charge on any atom is 0.325 e. The second-order valence-electron chi connectivity index (χ2n) is 3.29. The van der Waals surface area contributed by atoms with Crippen LogP contribution in [0, 0.1) is 5.82 Å². The smallest absolute Gasteiger partial charge is 0.325 e. The number of methoxy groups -OCH3 is 1. The number of carbonyl (C=O) groups excluding carboxylic acids is 1. The maximum atomic E-state index is 13.7. The van der Waals surface area contributed by atoms with Crippen LogP contribution in [0.4, 0.5) is 10.1 Å². The van der Waals surface area contributed by atoms with Gasteiger partial charge in [0.2, 0.25) is 0 Å². The summed E-state index contributed by atoms with van der Waals surface area (Å²) in [5, 5.41) is 8.86. The standard InChI is InChI=1S/C11H13ClFNO3/c1-17-10(16)7-14(5-6-15)9-4-2-3-8(12)11(9)13/h2-4,15H,5-7H2,1H3. The lowest BCUT2D eigenvalue weighted by atomic mass is 10.2. The molecule has 0 saturated carbocycles. The summed E-state index contributed by atoms with van der Waals surface area (Å²) < 4.78 is 18.2. The zero-order valence-corrected chi connectivity index (χ0v) is 10.1. The van der Waals surface area contributed by atoms with Crippen molar-refractivity contribution in [1.29, 1.82) is 0 Å². The Morgan fingerprint density at radius 2 is 2.29 bits per heavy atom. The van der Waals surface area contributed by atoms with E-state index in [-0.39, 0.29) is 30.4 Å². The minimum atomic E-state index is -0.619. The predicted molar refractivity (Wildman–Crippen MR) is 62.7 cm³/mol. The first-order chi connectivity index (χ1) is 8.10. The van der Waals surface area contributed by atoms with E-state index in [0.29, 0.717) is 0 Å². The van der Waals surface area contributed by atoms with Gasteiger partial charge in [-0.25, -0.2) is 4.39 Å². The molecule has 6 heteroatoms. The second kappa shape index (κ2) is 6.42. The number of hydrogen-bond donors (Lipinski definition) is 1. The van der Waals surface area contributed by atoms with Gasteiger partial charge in [-0.05, 0) is 12.1 Å². The Balaban J connectivity index is 2.96. The molecule has 0 heterocycles. The Hall–Kier alpha value is -1.33. The van der Waals surface area contributed by atoms with Crippen LogP contribution in [0.2, 0.25) is 5.02 Å². The number of aliphatic hydroxyl groups excluding tert-OH is 1. The predicted octanol–water partition coefficient (Wildman–Crippen LogP) is 1.45. The van der Waals surface area contributed by atoms with Crippen LogP contribution in [0.1, 0.15) is 0 Å². The van der Waals surface area contributed by atoms with Gasteiger partial charge < -0.3 is 14.7 Å². The highest BCUT2D eigenvalue weighted by Gasteiger charge is 2.16. The third-order valence-electron chi connectivity index (χ3n) is 2.19. The Kier molecular flexibility index (Phi) is 5.18. The molecule has 1 N–H and O–H groups in total. The van der Waals surface area contributed by atoms with Crippen molar-refractivity contribution in [3.8, 4) is 0 Å². The third kappa shape index (κ3) is 3.57. The lowest BCUT2D eigenvalue weighted by Gasteiger charge is -2.23. The molecule has 0 fully saturated rings. The fourth-order valence-electron chi connectivity index (χ4n) is 1.36. The van der Waals surface area contributed by atoms with E-state index in [1.807, 2.05) is 0 Å². The van der Waals surface area contributed by atoms with E-state index in [1.54, 1.807) is 6.07 Å². The van der Waals surface area contributed by atoms with Gasteiger partial charge in [-0.15, -0.1) is 0 Å². The van der Waals surface area contributed by atoms with Gasteiger partial charge in [0, 0.05) is 6.54 Å². The molecule has 0 aliphatic carbocycles. The number of aliphatic hydroxyl groups is 1. The minimum Gasteiger partial charge on any atom is -0.468 e. The average molecular weight is 262 g/mol. The summed E-state index contributed by atoms with van der Waals surface area (Å²) in [5.41, 5.74) is 0.164. The van der Waals surface area contributed by atoms with E-state index >= 15 is 0 Å². The molecule has 0 bridgehead atoms. The lowest BCUT2D eigenvalue weighted by Crippen LogP contribution is -2.33. The molecule has 0 atom stereocenters. The summed E-state index contributed by atoms with van der Waals surface area (Å²) in [6, 6.07) is 4.47. The average Bonchev–Trinajstić information content (AvgIpc) is 2.32. The van der Waals surface area contributed by atoms with Gasteiger partial charge in [0.15, 0.2) is 5.82 Å². The second-order valence-corrected chi connectivity index (χ2v) is 3.70. The highest BCUT2D eigenvalue weighted by atomic mass is 35.5. The molecule has 0 spiro atoms. The largest absolute Gasteiger partial charge is 0.468 e. The van der Waals surface area contributed by atoms with Gasteiger partial charge in [-0.3, -0.25) is 4.79 Å².